The van der Waals surface area contributed by atoms with Crippen LogP contribution in [-0.4, -0.2) is 12.4 Å². The van der Waals surface area contributed by atoms with E-state index < -0.39 is 0 Å². The van der Waals surface area contributed by atoms with Crippen LogP contribution in [-0.2, 0) is 0 Å². The molecule has 0 saturated heterocycles. The van der Waals surface area contributed by atoms with Gasteiger partial charge in [-0.05, 0) is 53.4 Å². The highest BCUT2D eigenvalue weighted by Gasteiger charge is 2.32. The average molecular weight is 453 g/mol. The van der Waals surface area contributed by atoms with Crippen LogP contribution >= 0.6 is 23.2 Å². The summed E-state index contributed by atoms with van der Waals surface area (Å²) in [6, 6.07) is 23.8. The maximum absolute atomic E-state index is 6.16. The first-order valence-electron chi connectivity index (χ1n) is 10.6. The van der Waals surface area contributed by atoms with Gasteiger partial charge in [-0.1, -0.05) is 79.9 Å². The van der Waals surface area contributed by atoms with Gasteiger partial charge in [-0.2, -0.15) is 0 Å². The van der Waals surface area contributed by atoms with E-state index >= 15 is 0 Å². The Morgan fingerprint density at radius 1 is 0.903 bits per heavy atom. The van der Waals surface area contributed by atoms with Crippen LogP contribution < -0.4 is 10.1 Å². The summed E-state index contributed by atoms with van der Waals surface area (Å²) in [5, 5.41) is 5.07. The van der Waals surface area contributed by atoms with Crippen LogP contribution in [0.4, 0.5) is 0 Å². The van der Waals surface area contributed by atoms with Gasteiger partial charge in [0.15, 0.2) is 0 Å². The third kappa shape index (κ3) is 5.06. The standard InChI is InChI=1S/C26H26Cl2N2O/c1-3-17(2)16-31-23-7-5-4-6-22(23)26-29-24(18-8-12-20(27)13-9-18)25(30-26)19-10-14-21(28)15-11-19/h4-15,17,24-25H,3,16H2,1-2H3,(H,29,30). The van der Waals surface area contributed by atoms with E-state index in [0.717, 1.165) is 39.7 Å². The minimum atomic E-state index is -0.0870. The van der Waals surface area contributed by atoms with Crippen LogP contribution in [0.25, 0.3) is 0 Å². The molecule has 0 spiro atoms. The summed E-state index contributed by atoms with van der Waals surface area (Å²) in [4.78, 5) is 5.10. The van der Waals surface area contributed by atoms with Gasteiger partial charge in [0.05, 0.1) is 18.2 Å². The number of para-hydroxylation sites is 1. The first kappa shape index (κ1) is 21.7. The van der Waals surface area contributed by atoms with E-state index in [-0.39, 0.29) is 12.1 Å². The Morgan fingerprint density at radius 3 is 2.16 bits per heavy atom. The van der Waals surface area contributed by atoms with E-state index in [2.05, 4.69) is 25.2 Å². The zero-order valence-electron chi connectivity index (χ0n) is 17.7. The minimum Gasteiger partial charge on any atom is -0.493 e. The second-order valence-electron chi connectivity index (χ2n) is 7.97. The van der Waals surface area contributed by atoms with Gasteiger partial charge in [-0.3, -0.25) is 4.99 Å². The van der Waals surface area contributed by atoms with Crippen LogP contribution in [0.15, 0.2) is 77.8 Å². The van der Waals surface area contributed by atoms with Crippen molar-refractivity contribution in [1.29, 1.82) is 0 Å². The quantitative estimate of drug-likeness (QED) is 0.409. The number of rotatable bonds is 7. The molecule has 4 rings (SSSR count). The van der Waals surface area contributed by atoms with Crippen LogP contribution in [0.1, 0.15) is 49.0 Å². The molecule has 5 heteroatoms. The van der Waals surface area contributed by atoms with Gasteiger partial charge in [-0.25, -0.2) is 0 Å². The van der Waals surface area contributed by atoms with E-state index in [1.54, 1.807) is 0 Å². The summed E-state index contributed by atoms with van der Waals surface area (Å²) in [6.45, 7) is 5.05. The molecule has 0 aromatic heterocycles. The molecule has 0 saturated carbocycles. The summed E-state index contributed by atoms with van der Waals surface area (Å²) in [6.07, 6.45) is 1.08. The number of benzene rings is 3. The number of nitrogens with zero attached hydrogens (tertiary/aromatic N) is 1. The molecule has 31 heavy (non-hydrogen) atoms. The number of aliphatic imine (C=N–C) groups is 1. The van der Waals surface area contributed by atoms with Crippen molar-refractivity contribution in [3.63, 3.8) is 0 Å². The molecule has 1 aliphatic rings. The molecule has 3 nitrogen and oxygen atoms in total. The molecule has 0 amide bonds. The lowest BCUT2D eigenvalue weighted by Crippen LogP contribution is -2.25. The molecule has 1 heterocycles. The van der Waals surface area contributed by atoms with Crippen molar-refractivity contribution in [1.82, 2.24) is 5.32 Å². The number of ether oxygens (including phenoxy) is 1. The highest BCUT2D eigenvalue weighted by atomic mass is 35.5. The average Bonchev–Trinajstić information content (AvgIpc) is 3.24. The number of halogens is 2. The van der Waals surface area contributed by atoms with Crippen molar-refractivity contribution < 1.29 is 4.74 Å². The molecular weight excluding hydrogens is 427 g/mol. The van der Waals surface area contributed by atoms with Gasteiger partial charge in [0.2, 0.25) is 0 Å². The Hall–Kier alpha value is -2.49. The van der Waals surface area contributed by atoms with Crippen LogP contribution in [0.2, 0.25) is 10.0 Å². The summed E-state index contributed by atoms with van der Waals surface area (Å²) in [7, 11) is 0. The zero-order chi connectivity index (χ0) is 21.8. The number of hydrogen-bond acceptors (Lipinski definition) is 3. The van der Waals surface area contributed by atoms with Crippen LogP contribution in [0, 0.1) is 5.92 Å². The third-order valence-electron chi connectivity index (χ3n) is 5.68. The van der Waals surface area contributed by atoms with Crippen molar-refractivity contribution in [3.05, 3.63) is 99.5 Å². The predicted octanol–water partition coefficient (Wildman–Crippen LogP) is 7.25. The van der Waals surface area contributed by atoms with E-state index in [1.807, 2.05) is 66.7 Å². The third-order valence-corrected chi connectivity index (χ3v) is 6.18. The lowest BCUT2D eigenvalue weighted by Gasteiger charge is -2.20. The Morgan fingerprint density at radius 2 is 1.52 bits per heavy atom. The number of hydrogen-bond donors (Lipinski definition) is 1. The Labute approximate surface area is 194 Å². The maximum Gasteiger partial charge on any atom is 0.133 e. The van der Waals surface area contributed by atoms with Gasteiger partial charge in [0.25, 0.3) is 0 Å². The largest absolute Gasteiger partial charge is 0.493 e. The number of amidine groups is 1. The summed E-state index contributed by atoms with van der Waals surface area (Å²) in [5.74, 6) is 2.18. The molecule has 0 radical (unpaired) electrons. The van der Waals surface area contributed by atoms with Gasteiger partial charge < -0.3 is 10.1 Å². The van der Waals surface area contributed by atoms with E-state index in [1.165, 1.54) is 0 Å². The fourth-order valence-electron chi connectivity index (χ4n) is 3.63. The fraction of sp³-hybridized carbons (Fsp3) is 0.269. The van der Waals surface area contributed by atoms with Gasteiger partial charge >= 0.3 is 0 Å². The van der Waals surface area contributed by atoms with E-state index in [0.29, 0.717) is 17.5 Å². The fourth-order valence-corrected chi connectivity index (χ4v) is 3.88. The summed E-state index contributed by atoms with van der Waals surface area (Å²) in [5.41, 5.74) is 3.20. The molecule has 0 bridgehead atoms. The molecule has 0 fully saturated rings. The first-order valence-corrected chi connectivity index (χ1v) is 11.4. The minimum absolute atomic E-state index is 0.0175. The molecule has 1 aliphatic heterocycles. The van der Waals surface area contributed by atoms with Crippen molar-refractivity contribution in [2.24, 2.45) is 10.9 Å². The normalized spacial score (nSPS) is 18.9. The summed E-state index contributed by atoms with van der Waals surface area (Å²) >= 11 is 12.3. The lowest BCUT2D eigenvalue weighted by atomic mass is 9.95. The number of nitrogens with one attached hydrogen (secondary N) is 1. The Balaban J connectivity index is 1.69. The molecule has 160 valence electrons. The van der Waals surface area contributed by atoms with E-state index in [9.17, 15) is 0 Å². The molecule has 3 aromatic rings. The molecule has 3 aromatic carbocycles. The first-order chi connectivity index (χ1) is 15.0. The maximum atomic E-state index is 6.16. The SMILES string of the molecule is CCC(C)COc1ccccc1C1=NC(c2ccc(Cl)cc2)C(c2ccc(Cl)cc2)N1. The smallest absolute Gasteiger partial charge is 0.133 e. The second kappa shape index (κ2) is 9.76. The van der Waals surface area contributed by atoms with Gasteiger partial charge in [0, 0.05) is 10.0 Å². The van der Waals surface area contributed by atoms with Crippen molar-refractivity contribution in [2.75, 3.05) is 6.61 Å². The molecule has 3 atom stereocenters. The van der Waals surface area contributed by atoms with Crippen molar-refractivity contribution in [3.8, 4) is 5.75 Å². The second-order valence-corrected chi connectivity index (χ2v) is 8.84. The predicted molar refractivity (Wildman–Crippen MR) is 129 cm³/mol. The van der Waals surface area contributed by atoms with Crippen LogP contribution in [0.3, 0.4) is 0 Å². The topological polar surface area (TPSA) is 33.6 Å². The lowest BCUT2D eigenvalue weighted by molar-refractivity contribution is 0.256. The molecule has 1 N–H and O–H groups in total. The van der Waals surface area contributed by atoms with Gasteiger partial charge in [0.1, 0.15) is 17.6 Å². The monoisotopic (exact) mass is 452 g/mol. The van der Waals surface area contributed by atoms with Gasteiger partial charge in [-0.15, -0.1) is 0 Å². The Kier molecular flexibility index (Phi) is 6.84. The van der Waals surface area contributed by atoms with Crippen molar-refractivity contribution >= 4 is 29.0 Å². The highest BCUT2D eigenvalue weighted by molar-refractivity contribution is 6.30. The summed E-state index contributed by atoms with van der Waals surface area (Å²) < 4.78 is 6.16. The van der Waals surface area contributed by atoms with Crippen LogP contribution in [0.5, 0.6) is 5.75 Å². The zero-order valence-corrected chi connectivity index (χ0v) is 19.2. The molecular formula is C26H26Cl2N2O. The molecule has 3 unspecified atom stereocenters. The Bertz CT molecular complexity index is 1050. The van der Waals surface area contributed by atoms with E-state index in [4.69, 9.17) is 32.9 Å². The molecule has 0 aliphatic carbocycles. The van der Waals surface area contributed by atoms with Crippen molar-refractivity contribution in [2.45, 2.75) is 32.4 Å². The highest BCUT2D eigenvalue weighted by Crippen LogP contribution is 2.38.